The first-order valence-corrected chi connectivity index (χ1v) is 15.6. The molecule has 260 valence electrons. The first kappa shape index (κ1) is 37.4. The van der Waals surface area contributed by atoms with Crippen LogP contribution in [0.3, 0.4) is 0 Å². The molecule has 0 saturated heterocycles. The van der Waals surface area contributed by atoms with Crippen molar-refractivity contribution in [1.82, 2.24) is 30.8 Å². The molecule has 2 amide bonds. The maximum Gasteiger partial charge on any atom is 0.407 e. The Morgan fingerprint density at radius 2 is 1.62 bits per heavy atom. The van der Waals surface area contributed by atoms with Crippen LogP contribution < -0.4 is 15.7 Å². The number of unbranched alkanes of at least 4 members (excludes halogenated alkanes) is 1. The molecule has 0 spiro atoms. The maximum absolute atomic E-state index is 13.3. The Morgan fingerprint density at radius 3 is 2.31 bits per heavy atom. The minimum Gasteiger partial charge on any atom is -0.595 e. The monoisotopic (exact) mass is 666 g/mol. The molecule has 0 aliphatic carbocycles. The number of amides is 2. The molecule has 0 radical (unpaired) electrons. The number of alkyl carbamates (subject to hydrolysis) is 1. The number of aromatic nitrogens is 4. The number of esters is 1. The van der Waals surface area contributed by atoms with E-state index >= 15 is 0 Å². The van der Waals surface area contributed by atoms with Crippen LogP contribution in [-0.4, -0.2) is 81.8 Å². The molecule has 0 aliphatic heterocycles. The quantitative estimate of drug-likeness (QED) is 0.0932. The van der Waals surface area contributed by atoms with Crippen molar-refractivity contribution in [2.45, 2.75) is 77.8 Å². The molecule has 15 nitrogen and oxygen atoms in total. The molecule has 0 fully saturated rings. The highest BCUT2D eigenvalue weighted by Crippen LogP contribution is 2.17. The van der Waals surface area contributed by atoms with Gasteiger partial charge in [-0.3, -0.25) is 9.79 Å². The van der Waals surface area contributed by atoms with Crippen molar-refractivity contribution in [3.63, 3.8) is 0 Å². The number of aliphatic imine (C=N–C) groups is 1. The van der Waals surface area contributed by atoms with Gasteiger partial charge in [0.15, 0.2) is 5.82 Å². The standard InChI is InChI=1S/C33H45N7O8/c1-32(2,3)48-31(44)36-33(4,5)29(42)35-26(23-45-22-24-14-8-6-9-15-24)27-37-38-39-40(27)19-21-47-30(43)34-18-12-13-20-46-28(41)25-16-10-7-11-17-25/h6-11,14-17,26H,12-13,18-23H2,1-5H3,(H,34,43)(H,35,42)(H,36,44)/p-1/t26-/m1/s1. The Morgan fingerprint density at radius 1 is 0.938 bits per heavy atom. The van der Waals surface area contributed by atoms with E-state index in [1.165, 1.54) is 18.5 Å². The van der Waals surface area contributed by atoms with E-state index in [9.17, 15) is 19.5 Å². The molecule has 0 bridgehead atoms. The van der Waals surface area contributed by atoms with Gasteiger partial charge in [0.2, 0.25) is 5.91 Å². The maximum atomic E-state index is 13.3. The van der Waals surface area contributed by atoms with Gasteiger partial charge in [-0.1, -0.05) is 69.3 Å². The number of carbonyl (C=O) groups excluding carboxylic acids is 3. The van der Waals surface area contributed by atoms with Crippen LogP contribution in [0.1, 0.15) is 75.2 Å². The van der Waals surface area contributed by atoms with Gasteiger partial charge in [-0.2, -0.15) is 0 Å². The molecule has 3 aromatic rings. The van der Waals surface area contributed by atoms with Crippen LogP contribution >= 0.6 is 0 Å². The number of hydrogen-bond donors (Lipinski definition) is 2. The lowest BCUT2D eigenvalue weighted by Gasteiger charge is -2.32. The van der Waals surface area contributed by atoms with E-state index in [1.54, 1.807) is 45.0 Å². The summed E-state index contributed by atoms with van der Waals surface area (Å²) in [5, 5.41) is 29.6. The van der Waals surface area contributed by atoms with Crippen LogP contribution in [0.4, 0.5) is 4.79 Å². The summed E-state index contributed by atoms with van der Waals surface area (Å²) in [6, 6.07) is 17.3. The minimum atomic E-state index is -1.48. The number of nitrogens with one attached hydrogen (secondary N) is 2. The fraction of sp³-hybridized carbons (Fsp3) is 0.485. The third-order valence-corrected chi connectivity index (χ3v) is 6.51. The van der Waals surface area contributed by atoms with E-state index in [4.69, 9.17) is 18.9 Å². The zero-order valence-corrected chi connectivity index (χ0v) is 28.0. The number of rotatable bonds is 17. The van der Waals surface area contributed by atoms with Gasteiger partial charge in [0.25, 0.3) is 0 Å². The average Bonchev–Trinajstić information content (AvgIpc) is 3.50. The van der Waals surface area contributed by atoms with Crippen LogP contribution in [0.15, 0.2) is 65.7 Å². The molecular formula is C33H44N7O8-. The van der Waals surface area contributed by atoms with Crippen molar-refractivity contribution in [3.05, 3.63) is 77.6 Å². The Kier molecular flexibility index (Phi) is 14.3. The fourth-order valence-corrected chi connectivity index (χ4v) is 4.08. The Labute approximate surface area is 280 Å². The Balaban J connectivity index is 1.52. The van der Waals surface area contributed by atoms with Gasteiger partial charge in [-0.25, -0.2) is 14.3 Å². The van der Waals surface area contributed by atoms with Crippen LogP contribution in [-0.2, 0) is 36.9 Å². The summed E-state index contributed by atoms with van der Waals surface area (Å²) in [4.78, 5) is 41.5. The highest BCUT2D eigenvalue weighted by atomic mass is 16.6. The zero-order chi connectivity index (χ0) is 35.0. The summed E-state index contributed by atoms with van der Waals surface area (Å²) in [6.45, 7) is 8.92. The molecule has 15 heteroatoms. The number of benzene rings is 2. The SMILES string of the molecule is CC(C)(C)OC([O-])=NC(C)(C)C(=O)N[C@H](COCc1ccccc1)c1nnnn1CCOC(=O)NCCCCOC(=O)c1ccccc1. The highest BCUT2D eigenvalue weighted by Gasteiger charge is 2.31. The van der Waals surface area contributed by atoms with Gasteiger partial charge in [0.1, 0.15) is 24.3 Å². The second kappa shape index (κ2) is 18.3. The third-order valence-electron chi connectivity index (χ3n) is 6.51. The molecular weight excluding hydrogens is 622 g/mol. The first-order valence-electron chi connectivity index (χ1n) is 15.6. The largest absolute Gasteiger partial charge is 0.595 e. The van der Waals surface area contributed by atoms with Crippen LogP contribution in [0.5, 0.6) is 0 Å². The first-order chi connectivity index (χ1) is 22.8. The number of tetrazole rings is 1. The van der Waals surface area contributed by atoms with E-state index in [0.29, 0.717) is 24.9 Å². The summed E-state index contributed by atoms with van der Waals surface area (Å²) < 4.78 is 23.1. The number of hydrogen-bond acceptors (Lipinski definition) is 12. The predicted molar refractivity (Wildman–Crippen MR) is 172 cm³/mol. The van der Waals surface area contributed by atoms with E-state index in [1.807, 2.05) is 36.4 Å². The molecule has 0 aliphatic rings. The smallest absolute Gasteiger partial charge is 0.407 e. The third kappa shape index (κ3) is 13.4. The van der Waals surface area contributed by atoms with Crippen LogP contribution in [0, 0.1) is 0 Å². The number of ether oxygens (including phenoxy) is 4. The molecule has 3 rings (SSSR count). The number of nitrogens with zero attached hydrogens (tertiary/aromatic N) is 5. The normalized spacial score (nSPS) is 12.6. The molecule has 48 heavy (non-hydrogen) atoms. The van der Waals surface area contributed by atoms with Gasteiger partial charge in [-0.05, 0) is 54.8 Å². The lowest BCUT2D eigenvalue weighted by Crippen LogP contribution is -2.46. The zero-order valence-electron chi connectivity index (χ0n) is 28.0. The van der Waals surface area contributed by atoms with Crippen molar-refractivity contribution in [1.29, 1.82) is 0 Å². The Bertz CT molecular complexity index is 1470. The summed E-state index contributed by atoms with van der Waals surface area (Å²) in [6.07, 6.45) is -0.359. The minimum absolute atomic E-state index is 0.00840. The number of carbonyl (C=O) groups is 3. The van der Waals surface area contributed by atoms with E-state index < -0.39 is 41.2 Å². The van der Waals surface area contributed by atoms with Crippen molar-refractivity contribution in [3.8, 4) is 0 Å². The molecule has 2 aromatic carbocycles. The molecule has 1 aromatic heterocycles. The van der Waals surface area contributed by atoms with E-state index in [0.717, 1.165) is 5.56 Å². The summed E-state index contributed by atoms with van der Waals surface area (Å²) in [7, 11) is 0. The molecule has 1 heterocycles. The predicted octanol–water partition coefficient (Wildman–Crippen LogP) is 2.72. The second-order valence-corrected chi connectivity index (χ2v) is 12.2. The van der Waals surface area contributed by atoms with Crippen LogP contribution in [0.2, 0.25) is 0 Å². The van der Waals surface area contributed by atoms with E-state index in [2.05, 4.69) is 31.2 Å². The summed E-state index contributed by atoms with van der Waals surface area (Å²) in [5.74, 6) is -0.728. The van der Waals surface area contributed by atoms with E-state index in [-0.39, 0.29) is 38.8 Å². The average molecular weight is 667 g/mol. The van der Waals surface area contributed by atoms with Gasteiger partial charge >= 0.3 is 12.1 Å². The molecule has 1 atom stereocenters. The van der Waals surface area contributed by atoms with Crippen molar-refractivity contribution in [2.24, 2.45) is 4.99 Å². The molecule has 0 unspecified atom stereocenters. The lowest BCUT2D eigenvalue weighted by atomic mass is 10.1. The van der Waals surface area contributed by atoms with Gasteiger partial charge in [0, 0.05) is 12.1 Å². The van der Waals surface area contributed by atoms with Crippen molar-refractivity contribution >= 4 is 24.1 Å². The van der Waals surface area contributed by atoms with Crippen LogP contribution in [0.25, 0.3) is 0 Å². The van der Waals surface area contributed by atoms with Crippen molar-refractivity contribution in [2.75, 3.05) is 26.4 Å². The van der Waals surface area contributed by atoms with Crippen molar-refractivity contribution < 1.29 is 38.4 Å². The Hall–Kier alpha value is -5.05. The molecule has 2 N–H and O–H groups in total. The highest BCUT2D eigenvalue weighted by molar-refractivity contribution is 5.89. The topological polar surface area (TPSA) is 191 Å². The van der Waals surface area contributed by atoms with Gasteiger partial charge in [0.05, 0.1) is 31.9 Å². The fourth-order valence-electron chi connectivity index (χ4n) is 4.08. The lowest BCUT2D eigenvalue weighted by molar-refractivity contribution is -0.261. The summed E-state index contributed by atoms with van der Waals surface area (Å²) in [5.41, 5.74) is -0.851. The van der Waals surface area contributed by atoms with Gasteiger partial charge < -0.3 is 34.7 Å². The second-order valence-electron chi connectivity index (χ2n) is 12.2. The van der Waals surface area contributed by atoms with Gasteiger partial charge in [-0.15, -0.1) is 5.10 Å². The summed E-state index contributed by atoms with van der Waals surface area (Å²) >= 11 is 0. The molecule has 0 saturated carbocycles.